The van der Waals surface area contributed by atoms with Crippen molar-refractivity contribution >= 4 is 27.5 Å². The number of rotatable bonds is 4. The molecule has 1 unspecified atom stereocenters. The lowest BCUT2D eigenvalue weighted by atomic mass is 10.4. The molecule has 1 aromatic rings. The van der Waals surface area contributed by atoms with E-state index in [1.54, 1.807) is 0 Å². The summed E-state index contributed by atoms with van der Waals surface area (Å²) in [6, 6.07) is 5.76. The minimum absolute atomic E-state index is 0.127. The van der Waals surface area contributed by atoms with Gasteiger partial charge in [-0.05, 0) is 31.2 Å². The topological polar surface area (TPSA) is 86.5 Å². The standard InChI is InChI=1S/C10H12ClNO4S/c1-7(16-10(12)13)6-17(14,15)9-4-2-8(11)3-5-9/h2-5,7H,6H2,1H3,(H2,12,13). The number of hydrogen-bond acceptors (Lipinski definition) is 4. The third kappa shape index (κ3) is 4.24. The molecule has 0 saturated carbocycles. The Balaban J connectivity index is 2.82. The molecule has 1 atom stereocenters. The number of primary amides is 1. The van der Waals surface area contributed by atoms with E-state index in [0.29, 0.717) is 5.02 Å². The summed E-state index contributed by atoms with van der Waals surface area (Å²) in [7, 11) is -3.51. The molecule has 0 bridgehead atoms. The lowest BCUT2D eigenvalue weighted by Gasteiger charge is -2.11. The Morgan fingerprint density at radius 1 is 1.41 bits per heavy atom. The average molecular weight is 278 g/mol. The van der Waals surface area contributed by atoms with Crippen molar-refractivity contribution in [3.8, 4) is 0 Å². The first-order valence-corrected chi connectivity index (χ1v) is 6.78. The van der Waals surface area contributed by atoms with E-state index in [4.69, 9.17) is 17.3 Å². The summed E-state index contributed by atoms with van der Waals surface area (Å²) in [6.07, 6.45) is -1.79. The van der Waals surface area contributed by atoms with Gasteiger partial charge in [0.25, 0.3) is 0 Å². The van der Waals surface area contributed by atoms with Crippen LogP contribution in [0.5, 0.6) is 0 Å². The second-order valence-corrected chi connectivity index (χ2v) is 5.95. The van der Waals surface area contributed by atoms with Crippen molar-refractivity contribution in [1.82, 2.24) is 0 Å². The van der Waals surface area contributed by atoms with Gasteiger partial charge in [0.15, 0.2) is 9.84 Å². The van der Waals surface area contributed by atoms with Gasteiger partial charge >= 0.3 is 6.09 Å². The van der Waals surface area contributed by atoms with Crippen LogP contribution in [0, 0.1) is 0 Å². The highest BCUT2D eigenvalue weighted by Crippen LogP contribution is 2.16. The second kappa shape index (κ2) is 5.37. The Kier molecular flexibility index (Phi) is 4.36. The number of carbonyl (C=O) groups is 1. The van der Waals surface area contributed by atoms with Crippen LogP contribution in [0.3, 0.4) is 0 Å². The van der Waals surface area contributed by atoms with Crippen molar-refractivity contribution in [2.75, 3.05) is 5.75 Å². The van der Waals surface area contributed by atoms with E-state index in [-0.39, 0.29) is 10.6 Å². The fraction of sp³-hybridized carbons (Fsp3) is 0.300. The number of halogens is 1. The van der Waals surface area contributed by atoms with Gasteiger partial charge in [0.05, 0.1) is 10.6 Å². The first-order valence-electron chi connectivity index (χ1n) is 4.75. The van der Waals surface area contributed by atoms with Gasteiger partial charge in [0.1, 0.15) is 6.10 Å². The maximum atomic E-state index is 11.9. The van der Waals surface area contributed by atoms with Crippen molar-refractivity contribution in [2.45, 2.75) is 17.9 Å². The van der Waals surface area contributed by atoms with Crippen LogP contribution in [0.25, 0.3) is 0 Å². The number of benzene rings is 1. The van der Waals surface area contributed by atoms with Crippen LogP contribution in [-0.2, 0) is 14.6 Å². The van der Waals surface area contributed by atoms with Crippen LogP contribution in [0.15, 0.2) is 29.2 Å². The van der Waals surface area contributed by atoms with E-state index in [9.17, 15) is 13.2 Å². The Labute approximate surface area is 104 Å². The molecular formula is C10H12ClNO4S. The van der Waals surface area contributed by atoms with Gasteiger partial charge in [-0.15, -0.1) is 0 Å². The molecule has 1 amide bonds. The van der Waals surface area contributed by atoms with Crippen LogP contribution >= 0.6 is 11.6 Å². The van der Waals surface area contributed by atoms with Crippen molar-refractivity contribution in [3.63, 3.8) is 0 Å². The monoisotopic (exact) mass is 277 g/mol. The number of carbonyl (C=O) groups excluding carboxylic acids is 1. The van der Waals surface area contributed by atoms with Gasteiger partial charge in [-0.1, -0.05) is 11.6 Å². The second-order valence-electron chi connectivity index (χ2n) is 3.48. The van der Waals surface area contributed by atoms with Crippen LogP contribution in [0.4, 0.5) is 4.79 Å². The number of hydrogen-bond donors (Lipinski definition) is 1. The third-order valence-electron chi connectivity index (χ3n) is 1.94. The number of nitrogens with two attached hydrogens (primary N) is 1. The molecular weight excluding hydrogens is 266 g/mol. The zero-order chi connectivity index (χ0) is 13.1. The zero-order valence-electron chi connectivity index (χ0n) is 9.09. The maximum absolute atomic E-state index is 11.9. The lowest BCUT2D eigenvalue weighted by Crippen LogP contribution is -2.27. The number of ether oxygens (including phenoxy) is 1. The Hall–Kier alpha value is -1.27. The molecule has 0 aliphatic carbocycles. The number of sulfone groups is 1. The van der Waals surface area contributed by atoms with E-state index in [2.05, 4.69) is 4.74 Å². The predicted molar refractivity (Wildman–Crippen MR) is 63.6 cm³/mol. The first kappa shape index (κ1) is 13.8. The van der Waals surface area contributed by atoms with Gasteiger partial charge in [-0.3, -0.25) is 0 Å². The highest BCUT2D eigenvalue weighted by Gasteiger charge is 2.20. The van der Waals surface area contributed by atoms with Gasteiger partial charge in [0.2, 0.25) is 0 Å². The molecule has 0 aliphatic rings. The molecule has 0 heterocycles. The summed E-state index contributed by atoms with van der Waals surface area (Å²) in [5, 5.41) is 0.449. The smallest absolute Gasteiger partial charge is 0.404 e. The van der Waals surface area contributed by atoms with E-state index < -0.39 is 22.0 Å². The SMILES string of the molecule is CC(CS(=O)(=O)c1ccc(Cl)cc1)OC(N)=O. The van der Waals surface area contributed by atoms with Crippen molar-refractivity contribution in [1.29, 1.82) is 0 Å². The average Bonchev–Trinajstić information content (AvgIpc) is 2.15. The minimum atomic E-state index is -3.51. The molecule has 5 nitrogen and oxygen atoms in total. The van der Waals surface area contributed by atoms with Gasteiger partial charge in [0, 0.05) is 5.02 Å². The number of amides is 1. The molecule has 0 saturated heterocycles. The van der Waals surface area contributed by atoms with Gasteiger partial charge in [-0.2, -0.15) is 0 Å². The molecule has 0 spiro atoms. The molecule has 0 radical (unpaired) electrons. The highest BCUT2D eigenvalue weighted by atomic mass is 35.5. The van der Waals surface area contributed by atoms with E-state index in [0.717, 1.165) is 0 Å². The normalized spacial score (nSPS) is 13.1. The molecule has 1 aromatic carbocycles. The Bertz CT molecular complexity index is 498. The zero-order valence-corrected chi connectivity index (χ0v) is 10.7. The summed E-state index contributed by atoms with van der Waals surface area (Å²) in [5.74, 6) is -0.322. The van der Waals surface area contributed by atoms with E-state index >= 15 is 0 Å². The molecule has 94 valence electrons. The molecule has 2 N–H and O–H groups in total. The van der Waals surface area contributed by atoms with Crippen LogP contribution < -0.4 is 5.73 Å². The molecule has 0 fully saturated rings. The van der Waals surface area contributed by atoms with Crippen LogP contribution in [0.2, 0.25) is 5.02 Å². The largest absolute Gasteiger partial charge is 0.446 e. The van der Waals surface area contributed by atoms with Gasteiger partial charge in [-0.25, -0.2) is 13.2 Å². The Morgan fingerprint density at radius 2 is 1.94 bits per heavy atom. The van der Waals surface area contributed by atoms with Crippen molar-refractivity contribution in [3.05, 3.63) is 29.3 Å². The summed E-state index contributed by atoms with van der Waals surface area (Å²) in [4.78, 5) is 10.6. The van der Waals surface area contributed by atoms with Crippen LogP contribution in [-0.4, -0.2) is 26.4 Å². The summed E-state index contributed by atoms with van der Waals surface area (Å²) in [6.45, 7) is 1.46. The van der Waals surface area contributed by atoms with E-state index in [1.807, 2.05) is 0 Å². The lowest BCUT2D eigenvalue weighted by molar-refractivity contribution is 0.126. The minimum Gasteiger partial charge on any atom is -0.446 e. The molecule has 0 aliphatic heterocycles. The molecule has 1 rings (SSSR count). The fourth-order valence-corrected chi connectivity index (χ4v) is 2.83. The van der Waals surface area contributed by atoms with Crippen LogP contribution in [0.1, 0.15) is 6.92 Å². The van der Waals surface area contributed by atoms with Crippen molar-refractivity contribution in [2.24, 2.45) is 5.73 Å². The Morgan fingerprint density at radius 3 is 2.41 bits per heavy atom. The molecule has 0 aromatic heterocycles. The summed E-state index contributed by atoms with van der Waals surface area (Å²) >= 11 is 5.66. The summed E-state index contributed by atoms with van der Waals surface area (Å²) in [5.41, 5.74) is 4.80. The highest BCUT2D eigenvalue weighted by molar-refractivity contribution is 7.91. The molecule has 7 heteroatoms. The quantitative estimate of drug-likeness (QED) is 0.905. The first-order chi connectivity index (χ1) is 7.81. The fourth-order valence-electron chi connectivity index (χ4n) is 1.28. The van der Waals surface area contributed by atoms with Gasteiger partial charge < -0.3 is 10.5 Å². The predicted octanol–water partition coefficient (Wildman–Crippen LogP) is 1.60. The van der Waals surface area contributed by atoms with Crippen molar-refractivity contribution < 1.29 is 17.9 Å². The molecule has 17 heavy (non-hydrogen) atoms. The maximum Gasteiger partial charge on any atom is 0.404 e. The third-order valence-corrected chi connectivity index (χ3v) is 4.09. The van der Waals surface area contributed by atoms with E-state index in [1.165, 1.54) is 31.2 Å². The summed E-state index contributed by atoms with van der Waals surface area (Å²) < 4.78 is 28.3.